The fourth-order valence-electron chi connectivity index (χ4n) is 2.19. The molecule has 1 fully saturated rings. The van der Waals surface area contributed by atoms with Gasteiger partial charge < -0.3 is 14.6 Å². The van der Waals surface area contributed by atoms with Crippen molar-refractivity contribution in [3.05, 3.63) is 30.1 Å². The first-order valence-corrected chi connectivity index (χ1v) is 7.51. The highest BCUT2D eigenvalue weighted by atomic mass is 16.5. The van der Waals surface area contributed by atoms with Crippen LogP contribution in [0.4, 0.5) is 0 Å². The van der Waals surface area contributed by atoms with Gasteiger partial charge in [0.1, 0.15) is 5.75 Å². The van der Waals surface area contributed by atoms with Crippen molar-refractivity contribution >= 4 is 0 Å². The lowest BCUT2D eigenvalue weighted by atomic mass is 9.96. The van der Waals surface area contributed by atoms with E-state index < -0.39 is 0 Å². The number of nitrogens with zero attached hydrogens (tertiary/aromatic N) is 2. The Bertz CT molecular complexity index is 575. The van der Waals surface area contributed by atoms with Crippen molar-refractivity contribution in [3.8, 4) is 17.2 Å². The Hall–Kier alpha value is -1.88. The van der Waals surface area contributed by atoms with E-state index in [1.54, 1.807) is 0 Å². The number of rotatable bonds is 6. The summed E-state index contributed by atoms with van der Waals surface area (Å²) in [6.45, 7) is 2.09. The zero-order valence-electron chi connectivity index (χ0n) is 12.5. The molecule has 1 saturated carbocycles. The highest BCUT2D eigenvalue weighted by Crippen LogP contribution is 2.27. The minimum atomic E-state index is 0.328. The minimum absolute atomic E-state index is 0.328. The van der Waals surface area contributed by atoms with Crippen molar-refractivity contribution in [1.29, 1.82) is 0 Å². The van der Waals surface area contributed by atoms with E-state index in [4.69, 9.17) is 9.26 Å². The summed E-state index contributed by atoms with van der Waals surface area (Å²) in [6, 6.07) is 8.19. The Kier molecular flexibility index (Phi) is 4.20. The van der Waals surface area contributed by atoms with E-state index in [1.807, 2.05) is 31.3 Å². The number of aromatic nitrogens is 2. The van der Waals surface area contributed by atoms with E-state index in [2.05, 4.69) is 22.4 Å². The quantitative estimate of drug-likeness (QED) is 0.885. The molecule has 1 aliphatic carbocycles. The summed E-state index contributed by atoms with van der Waals surface area (Å²) in [5.74, 6) is 2.19. The van der Waals surface area contributed by atoms with E-state index in [1.165, 1.54) is 19.3 Å². The molecule has 3 rings (SSSR count). The standard InChI is InChI=1S/C16H21N3O2/c1-11(17-2)10-15-18-16(21-19-15)12-6-8-14(9-7-12)20-13-4-3-5-13/h6-9,11,13,17H,3-5,10H2,1-2H3. The summed E-state index contributed by atoms with van der Waals surface area (Å²) in [6.07, 6.45) is 4.76. The smallest absolute Gasteiger partial charge is 0.257 e. The Balaban J connectivity index is 1.65. The fraction of sp³-hybridized carbons (Fsp3) is 0.500. The fourth-order valence-corrected chi connectivity index (χ4v) is 2.19. The third-order valence-electron chi connectivity index (χ3n) is 3.91. The van der Waals surface area contributed by atoms with Gasteiger partial charge in [0, 0.05) is 18.0 Å². The van der Waals surface area contributed by atoms with Gasteiger partial charge in [-0.15, -0.1) is 0 Å². The molecule has 0 aliphatic heterocycles. The molecule has 0 amide bonds. The van der Waals surface area contributed by atoms with Gasteiger partial charge in [0.05, 0.1) is 6.10 Å². The van der Waals surface area contributed by atoms with Crippen LogP contribution in [0.3, 0.4) is 0 Å². The topological polar surface area (TPSA) is 60.2 Å². The molecule has 112 valence electrons. The first kappa shape index (κ1) is 14.1. The van der Waals surface area contributed by atoms with Crippen LogP contribution in [0.2, 0.25) is 0 Å². The number of benzene rings is 1. The molecule has 1 aliphatic rings. The average Bonchev–Trinajstić information content (AvgIpc) is 2.92. The Morgan fingerprint density at radius 2 is 2.10 bits per heavy atom. The largest absolute Gasteiger partial charge is 0.490 e. The van der Waals surface area contributed by atoms with Crippen molar-refractivity contribution in [2.75, 3.05) is 7.05 Å². The number of hydrogen-bond donors (Lipinski definition) is 1. The van der Waals surface area contributed by atoms with Crippen LogP contribution in [-0.2, 0) is 6.42 Å². The zero-order chi connectivity index (χ0) is 14.7. The summed E-state index contributed by atoms with van der Waals surface area (Å²) >= 11 is 0. The van der Waals surface area contributed by atoms with E-state index in [9.17, 15) is 0 Å². The molecule has 0 bridgehead atoms. The minimum Gasteiger partial charge on any atom is -0.490 e. The lowest BCUT2D eigenvalue weighted by Crippen LogP contribution is -2.24. The van der Waals surface area contributed by atoms with Crippen molar-refractivity contribution in [1.82, 2.24) is 15.5 Å². The Morgan fingerprint density at radius 3 is 2.71 bits per heavy atom. The highest BCUT2D eigenvalue weighted by Gasteiger charge is 2.19. The molecular formula is C16H21N3O2. The number of likely N-dealkylation sites (N-methyl/N-ethyl adjacent to an activating group) is 1. The monoisotopic (exact) mass is 287 g/mol. The van der Waals surface area contributed by atoms with E-state index >= 15 is 0 Å². The van der Waals surface area contributed by atoms with Crippen LogP contribution >= 0.6 is 0 Å². The van der Waals surface area contributed by atoms with Gasteiger partial charge in [-0.25, -0.2) is 0 Å². The van der Waals surface area contributed by atoms with Gasteiger partial charge >= 0.3 is 0 Å². The van der Waals surface area contributed by atoms with Gasteiger partial charge in [0.15, 0.2) is 5.82 Å². The molecule has 1 aromatic heterocycles. The maximum absolute atomic E-state index is 5.84. The maximum Gasteiger partial charge on any atom is 0.257 e. The highest BCUT2D eigenvalue weighted by molar-refractivity contribution is 5.54. The van der Waals surface area contributed by atoms with Crippen LogP contribution in [0.5, 0.6) is 5.75 Å². The van der Waals surface area contributed by atoms with Gasteiger partial charge in [-0.05, 0) is 57.5 Å². The van der Waals surface area contributed by atoms with Crippen LogP contribution in [0, 0.1) is 0 Å². The second kappa shape index (κ2) is 6.26. The predicted molar refractivity (Wildman–Crippen MR) is 80.2 cm³/mol. The molecule has 1 heterocycles. The summed E-state index contributed by atoms with van der Waals surface area (Å²) in [5, 5.41) is 7.18. The van der Waals surface area contributed by atoms with Crippen molar-refractivity contribution < 1.29 is 9.26 Å². The zero-order valence-corrected chi connectivity index (χ0v) is 12.5. The normalized spacial score (nSPS) is 16.5. The van der Waals surface area contributed by atoms with Crippen molar-refractivity contribution in [3.63, 3.8) is 0 Å². The third kappa shape index (κ3) is 3.42. The molecule has 1 atom stereocenters. The summed E-state index contributed by atoms with van der Waals surface area (Å²) in [4.78, 5) is 4.43. The molecule has 1 aromatic carbocycles. The first-order chi connectivity index (χ1) is 10.2. The van der Waals surface area contributed by atoms with E-state index in [0.29, 0.717) is 18.0 Å². The number of hydrogen-bond acceptors (Lipinski definition) is 5. The van der Waals surface area contributed by atoms with Crippen LogP contribution in [0.15, 0.2) is 28.8 Å². The molecule has 21 heavy (non-hydrogen) atoms. The maximum atomic E-state index is 5.84. The van der Waals surface area contributed by atoms with Gasteiger partial charge in [0.2, 0.25) is 0 Å². The van der Waals surface area contributed by atoms with Crippen LogP contribution in [0.25, 0.3) is 11.5 Å². The van der Waals surface area contributed by atoms with Crippen LogP contribution < -0.4 is 10.1 Å². The van der Waals surface area contributed by atoms with Crippen molar-refractivity contribution in [2.24, 2.45) is 0 Å². The molecule has 1 N–H and O–H groups in total. The summed E-state index contributed by atoms with van der Waals surface area (Å²) in [5.41, 5.74) is 0.923. The van der Waals surface area contributed by atoms with Crippen LogP contribution in [-0.4, -0.2) is 29.3 Å². The average molecular weight is 287 g/mol. The number of ether oxygens (including phenoxy) is 1. The van der Waals surface area contributed by atoms with E-state index in [0.717, 1.165) is 23.6 Å². The third-order valence-corrected chi connectivity index (χ3v) is 3.91. The van der Waals surface area contributed by atoms with Crippen LogP contribution in [0.1, 0.15) is 32.0 Å². The molecule has 5 heteroatoms. The molecular weight excluding hydrogens is 266 g/mol. The van der Waals surface area contributed by atoms with Gasteiger partial charge in [-0.3, -0.25) is 0 Å². The Labute approximate surface area is 124 Å². The SMILES string of the molecule is CNC(C)Cc1noc(-c2ccc(OC3CCC3)cc2)n1. The second-order valence-electron chi connectivity index (χ2n) is 5.60. The molecule has 0 radical (unpaired) electrons. The number of nitrogens with one attached hydrogen (secondary N) is 1. The Morgan fingerprint density at radius 1 is 1.33 bits per heavy atom. The molecule has 1 unspecified atom stereocenters. The summed E-state index contributed by atoms with van der Waals surface area (Å²) < 4.78 is 11.2. The lowest BCUT2D eigenvalue weighted by Gasteiger charge is -2.26. The molecule has 0 spiro atoms. The van der Waals surface area contributed by atoms with Gasteiger partial charge in [-0.2, -0.15) is 4.98 Å². The predicted octanol–water partition coefficient (Wildman–Crippen LogP) is 2.82. The second-order valence-corrected chi connectivity index (χ2v) is 5.60. The summed E-state index contributed by atoms with van der Waals surface area (Å²) in [7, 11) is 1.92. The van der Waals surface area contributed by atoms with Gasteiger partial charge in [-0.1, -0.05) is 5.16 Å². The lowest BCUT2D eigenvalue weighted by molar-refractivity contribution is 0.120. The van der Waals surface area contributed by atoms with Gasteiger partial charge in [0.25, 0.3) is 5.89 Å². The molecule has 5 nitrogen and oxygen atoms in total. The van der Waals surface area contributed by atoms with E-state index in [-0.39, 0.29) is 0 Å². The molecule has 0 saturated heterocycles. The molecule has 2 aromatic rings. The van der Waals surface area contributed by atoms with Crippen molar-refractivity contribution in [2.45, 2.75) is 44.8 Å². The first-order valence-electron chi connectivity index (χ1n) is 7.51.